The normalized spacial score (nSPS) is 13.0. The summed E-state index contributed by atoms with van der Waals surface area (Å²) >= 11 is 0. The predicted octanol–water partition coefficient (Wildman–Crippen LogP) is 16.8. The van der Waals surface area contributed by atoms with Gasteiger partial charge in [0.1, 0.15) is 24.0 Å². The minimum Gasteiger partial charge on any atom is -0.457 e. The van der Waals surface area contributed by atoms with E-state index in [1.807, 2.05) is 6.20 Å². The maximum Gasteiger partial charge on any atom is 0.137 e. The highest BCUT2D eigenvalue weighted by Gasteiger charge is 2.31. The van der Waals surface area contributed by atoms with Crippen LogP contribution in [0.2, 0.25) is 0 Å². The number of nitrogens with zero attached hydrogens (tertiary/aromatic N) is 4. The van der Waals surface area contributed by atoms with Gasteiger partial charge >= 0.3 is 0 Å². The van der Waals surface area contributed by atoms with Crippen LogP contribution in [0.25, 0.3) is 38.8 Å². The molecule has 0 radical (unpaired) electrons. The molecule has 11 rings (SSSR count). The van der Waals surface area contributed by atoms with Gasteiger partial charge in [-0.25, -0.2) is 4.98 Å². The molecular weight excluding hydrogens is 841 g/mol. The van der Waals surface area contributed by atoms with Gasteiger partial charge in [0.2, 0.25) is 0 Å². The first-order valence-electron chi connectivity index (χ1n) is 24.1. The molecule has 10 aromatic rings. The number of ether oxygens (including phenoxy) is 1. The van der Waals surface area contributed by atoms with Gasteiger partial charge in [-0.15, -0.1) is 0 Å². The summed E-state index contributed by atoms with van der Waals surface area (Å²) in [5, 5.41) is 2.33. The van der Waals surface area contributed by atoms with Gasteiger partial charge in [0.25, 0.3) is 0 Å². The van der Waals surface area contributed by atoms with Crippen molar-refractivity contribution in [3.8, 4) is 28.4 Å². The molecule has 69 heavy (non-hydrogen) atoms. The Bertz CT molecular complexity index is 3490. The second-order valence-electron chi connectivity index (χ2n) is 20.6. The van der Waals surface area contributed by atoms with Crippen LogP contribution in [0.1, 0.15) is 76.3 Å². The first-order valence-corrected chi connectivity index (χ1v) is 24.1. The lowest BCUT2D eigenvalue weighted by Crippen LogP contribution is -2.25. The second-order valence-corrected chi connectivity index (χ2v) is 20.6. The summed E-state index contributed by atoms with van der Waals surface area (Å²) in [5.41, 5.74) is 14.9. The number of anilines is 4. The van der Waals surface area contributed by atoms with E-state index in [0.717, 1.165) is 56.5 Å². The first kappa shape index (κ1) is 43.7. The highest BCUT2D eigenvalue weighted by Crippen LogP contribution is 2.47. The fourth-order valence-corrected chi connectivity index (χ4v) is 10.2. The smallest absolute Gasteiger partial charge is 0.137 e. The van der Waals surface area contributed by atoms with Gasteiger partial charge in [0.15, 0.2) is 0 Å². The number of aromatic nitrogens is 2. The minimum absolute atomic E-state index is 0.0441. The Hall–Kier alpha value is -7.89. The second kappa shape index (κ2) is 17.0. The molecule has 5 heteroatoms. The lowest BCUT2D eigenvalue weighted by Gasteiger charge is -2.29. The van der Waals surface area contributed by atoms with E-state index in [9.17, 15) is 0 Å². The summed E-state index contributed by atoms with van der Waals surface area (Å²) in [6.07, 6.45) is 1.94. The van der Waals surface area contributed by atoms with Crippen molar-refractivity contribution in [2.45, 2.75) is 64.7 Å². The molecule has 0 unspecified atom stereocenters. The number of para-hydroxylation sites is 2. The Morgan fingerprint density at radius 1 is 0.406 bits per heavy atom. The Morgan fingerprint density at radius 2 is 0.986 bits per heavy atom. The zero-order chi connectivity index (χ0) is 47.5. The van der Waals surface area contributed by atoms with E-state index >= 15 is 0 Å². The molecule has 0 saturated carbocycles. The van der Waals surface area contributed by atoms with E-state index in [1.54, 1.807) is 0 Å². The number of fused-ring (bicyclic) bond motifs is 4. The van der Waals surface area contributed by atoms with Crippen molar-refractivity contribution in [1.82, 2.24) is 9.55 Å². The van der Waals surface area contributed by atoms with E-state index in [0.29, 0.717) is 6.67 Å². The van der Waals surface area contributed by atoms with Crippen molar-refractivity contribution in [2.75, 3.05) is 16.5 Å². The molecule has 0 saturated heterocycles. The number of hydrogen-bond donors (Lipinski definition) is 0. The average Bonchev–Trinajstić information content (AvgIpc) is 3.93. The van der Waals surface area contributed by atoms with E-state index in [4.69, 9.17) is 9.72 Å². The van der Waals surface area contributed by atoms with Gasteiger partial charge in [0.05, 0.1) is 22.4 Å². The lowest BCUT2D eigenvalue weighted by atomic mass is 9.77. The van der Waals surface area contributed by atoms with Crippen LogP contribution in [0.3, 0.4) is 0 Å². The molecule has 0 spiro atoms. The molecule has 5 nitrogen and oxygen atoms in total. The van der Waals surface area contributed by atoms with Crippen molar-refractivity contribution < 1.29 is 4.74 Å². The molecular formula is C64H58N4O. The number of hydrogen-bond acceptors (Lipinski definition) is 4. The van der Waals surface area contributed by atoms with Crippen LogP contribution in [-0.4, -0.2) is 16.2 Å². The summed E-state index contributed by atoms with van der Waals surface area (Å²) in [6.45, 7) is 16.7. The molecule has 3 heterocycles. The highest BCUT2D eigenvalue weighted by molar-refractivity contribution is 6.09. The average molecular weight is 899 g/mol. The predicted molar refractivity (Wildman–Crippen MR) is 288 cm³/mol. The zero-order valence-electron chi connectivity index (χ0n) is 40.6. The van der Waals surface area contributed by atoms with Gasteiger partial charge in [-0.2, -0.15) is 0 Å². The summed E-state index contributed by atoms with van der Waals surface area (Å²) in [4.78, 5) is 9.86. The summed E-state index contributed by atoms with van der Waals surface area (Å²) in [5.74, 6) is 2.41. The molecule has 0 aliphatic carbocycles. The topological polar surface area (TPSA) is 33.5 Å². The third kappa shape index (κ3) is 8.02. The van der Waals surface area contributed by atoms with E-state index in [-0.39, 0.29) is 16.2 Å². The molecule has 0 amide bonds. The summed E-state index contributed by atoms with van der Waals surface area (Å²) in [7, 11) is 0. The van der Waals surface area contributed by atoms with Crippen LogP contribution < -0.4 is 14.5 Å². The van der Waals surface area contributed by atoms with Crippen molar-refractivity contribution in [3.05, 3.63) is 240 Å². The molecule has 0 N–H and O–H groups in total. The molecule has 1 aliphatic heterocycles. The van der Waals surface area contributed by atoms with Crippen LogP contribution in [0.4, 0.5) is 22.7 Å². The lowest BCUT2D eigenvalue weighted by molar-refractivity contribution is 0.483. The summed E-state index contributed by atoms with van der Waals surface area (Å²) in [6, 6.07) is 74.4. The largest absolute Gasteiger partial charge is 0.457 e. The fraction of sp³-hybridized carbons (Fsp3) is 0.172. The molecule has 340 valence electrons. The minimum atomic E-state index is -0.224. The first-order chi connectivity index (χ1) is 33.3. The Labute approximate surface area is 406 Å². The van der Waals surface area contributed by atoms with Crippen molar-refractivity contribution in [2.24, 2.45) is 0 Å². The molecule has 0 atom stereocenters. The van der Waals surface area contributed by atoms with E-state index < -0.39 is 0 Å². The highest BCUT2D eigenvalue weighted by atomic mass is 16.5. The molecule has 0 bridgehead atoms. The van der Waals surface area contributed by atoms with E-state index in [2.05, 4.69) is 269 Å². The van der Waals surface area contributed by atoms with Gasteiger partial charge in [-0.3, -0.25) is 4.57 Å². The quantitative estimate of drug-likeness (QED) is 0.137. The Morgan fingerprint density at radius 3 is 1.65 bits per heavy atom. The standard InChI is InChI=1S/C64H58N4O/c1-62(2,3)48-34-35-65-61(40-48)68-59-39-49(63(4,5)46-22-13-9-14-23-46)30-32-55(59)56-33-31-54(42-60(56)68)69-53-27-19-26-51(41-53)66-43-67(58-29-18-17-28-57(58)66)52-37-45(44-20-11-8-12-21-44)36-50(38-52)64(6,7)47-24-15-10-16-25-47/h8-42H,43H2,1-7H3. The zero-order valence-corrected chi connectivity index (χ0v) is 40.6. The van der Waals surface area contributed by atoms with Crippen molar-refractivity contribution in [1.29, 1.82) is 0 Å². The van der Waals surface area contributed by atoms with Crippen LogP contribution in [-0.2, 0) is 16.2 Å². The monoisotopic (exact) mass is 898 g/mol. The Balaban J connectivity index is 0.966. The summed E-state index contributed by atoms with van der Waals surface area (Å²) < 4.78 is 9.19. The maximum absolute atomic E-state index is 6.87. The van der Waals surface area contributed by atoms with Gasteiger partial charge in [-0.05, 0) is 111 Å². The van der Waals surface area contributed by atoms with Crippen molar-refractivity contribution >= 4 is 44.6 Å². The van der Waals surface area contributed by atoms with Crippen LogP contribution in [0, 0.1) is 0 Å². The van der Waals surface area contributed by atoms with Crippen LogP contribution in [0.5, 0.6) is 11.5 Å². The molecule has 1 aliphatic rings. The van der Waals surface area contributed by atoms with Crippen LogP contribution >= 0.6 is 0 Å². The third-order valence-corrected chi connectivity index (χ3v) is 14.5. The number of rotatable bonds is 10. The van der Waals surface area contributed by atoms with Gasteiger partial charge < -0.3 is 14.5 Å². The van der Waals surface area contributed by atoms with Gasteiger partial charge in [-0.1, -0.05) is 176 Å². The van der Waals surface area contributed by atoms with Gasteiger partial charge in [0, 0.05) is 51.3 Å². The molecule has 0 fully saturated rings. The Kier molecular flexibility index (Phi) is 10.8. The molecule has 2 aromatic heterocycles. The van der Waals surface area contributed by atoms with Crippen molar-refractivity contribution in [3.63, 3.8) is 0 Å². The third-order valence-electron chi connectivity index (χ3n) is 14.5. The molecule has 8 aromatic carbocycles. The van der Waals surface area contributed by atoms with Crippen LogP contribution in [0.15, 0.2) is 212 Å². The maximum atomic E-state index is 6.87. The fourth-order valence-electron chi connectivity index (χ4n) is 10.2. The van der Waals surface area contributed by atoms with E-state index in [1.165, 1.54) is 44.3 Å². The SMILES string of the molecule is CC(C)(C)c1ccnc(-n2c3cc(Oc4cccc(N5CN(c6cc(-c7ccccc7)cc(C(C)(C)c7ccccc7)c6)c6ccccc65)c4)ccc3c3ccc(C(C)(C)c4ccccc4)cc32)c1. The number of benzene rings is 8. The number of pyridine rings is 1.